The molecule has 1 heterocycles. The highest BCUT2D eigenvalue weighted by Gasteiger charge is 2.35. The molecule has 0 aromatic heterocycles. The lowest BCUT2D eigenvalue weighted by Gasteiger charge is -2.37. The summed E-state index contributed by atoms with van der Waals surface area (Å²) >= 11 is 0. The van der Waals surface area contributed by atoms with Crippen LogP contribution in [0.4, 0.5) is 5.69 Å². The first kappa shape index (κ1) is 19.4. The summed E-state index contributed by atoms with van der Waals surface area (Å²) < 4.78 is 0. The monoisotopic (exact) mass is 341 g/mol. The summed E-state index contributed by atoms with van der Waals surface area (Å²) in [5.41, 5.74) is 0.153. The molecule has 128 valence electrons. The Morgan fingerprint density at radius 2 is 1.96 bits per heavy atom. The summed E-state index contributed by atoms with van der Waals surface area (Å²) in [7, 11) is 1.92. The van der Waals surface area contributed by atoms with E-state index in [-0.39, 0.29) is 24.0 Å². The molecule has 1 aromatic carbocycles. The minimum atomic E-state index is -0.690. The van der Waals surface area contributed by atoms with E-state index in [2.05, 4.69) is 5.32 Å². The van der Waals surface area contributed by atoms with Crippen LogP contribution in [0.5, 0.6) is 0 Å². The molecule has 0 spiro atoms. The highest BCUT2D eigenvalue weighted by Crippen LogP contribution is 2.28. The van der Waals surface area contributed by atoms with Crippen molar-refractivity contribution in [1.82, 2.24) is 10.2 Å². The Morgan fingerprint density at radius 3 is 2.48 bits per heavy atom. The third kappa shape index (κ3) is 4.20. The van der Waals surface area contributed by atoms with Crippen molar-refractivity contribution in [2.24, 2.45) is 0 Å². The number of likely N-dealkylation sites (tertiary alicyclic amines) is 1. The van der Waals surface area contributed by atoms with Crippen molar-refractivity contribution >= 4 is 24.0 Å². The van der Waals surface area contributed by atoms with Gasteiger partial charge in [0.2, 0.25) is 5.91 Å². The van der Waals surface area contributed by atoms with Crippen LogP contribution in [0.25, 0.3) is 0 Å². The Bertz CT molecular complexity index is 560. The minimum absolute atomic E-state index is 0. The van der Waals surface area contributed by atoms with Gasteiger partial charge < -0.3 is 10.2 Å². The van der Waals surface area contributed by atoms with Crippen molar-refractivity contribution in [3.63, 3.8) is 0 Å². The largest absolute Gasteiger partial charge is 0.340 e. The van der Waals surface area contributed by atoms with Gasteiger partial charge in [-0.2, -0.15) is 0 Å². The zero-order valence-electron chi connectivity index (χ0n) is 13.7. The van der Waals surface area contributed by atoms with Crippen molar-refractivity contribution < 1.29 is 9.72 Å². The lowest BCUT2D eigenvalue weighted by molar-refractivity contribution is -0.384. The normalized spacial score (nSPS) is 18.2. The summed E-state index contributed by atoms with van der Waals surface area (Å²) in [4.78, 5) is 25.1. The van der Waals surface area contributed by atoms with Crippen molar-refractivity contribution in [2.75, 3.05) is 20.1 Å². The van der Waals surface area contributed by atoms with Crippen LogP contribution >= 0.6 is 12.4 Å². The maximum atomic E-state index is 12.9. The standard InChI is InChI=1S/C16H23N3O3.ClH/c1-16(2,12-6-8-14(9-7-12)19(21)22)15(20)18-10-4-5-13(11-18)17-3;/h6-9,13,17H,4-5,10-11H2,1-3H3;1H. The molecule has 1 saturated heterocycles. The number of likely N-dealkylation sites (N-methyl/N-ethyl adjacent to an activating group) is 1. The number of nitro benzene ring substituents is 1. The second-order valence-electron chi connectivity index (χ2n) is 6.31. The van der Waals surface area contributed by atoms with Crippen LogP contribution < -0.4 is 5.32 Å². The topological polar surface area (TPSA) is 75.5 Å². The van der Waals surface area contributed by atoms with Gasteiger partial charge in [-0.25, -0.2) is 0 Å². The number of halogens is 1. The summed E-state index contributed by atoms with van der Waals surface area (Å²) in [5.74, 6) is 0.0707. The van der Waals surface area contributed by atoms with Crippen LogP contribution in [0, 0.1) is 10.1 Å². The number of nitrogens with one attached hydrogen (secondary N) is 1. The Balaban J connectivity index is 0.00000264. The van der Waals surface area contributed by atoms with E-state index < -0.39 is 10.3 Å². The van der Waals surface area contributed by atoms with Gasteiger partial charge in [-0.05, 0) is 39.3 Å². The molecule has 1 aliphatic heterocycles. The van der Waals surface area contributed by atoms with Gasteiger partial charge in [-0.15, -0.1) is 12.4 Å². The maximum Gasteiger partial charge on any atom is 0.269 e. The van der Waals surface area contributed by atoms with Gasteiger partial charge in [-0.1, -0.05) is 12.1 Å². The van der Waals surface area contributed by atoms with Crippen LogP contribution in [0.2, 0.25) is 0 Å². The van der Waals surface area contributed by atoms with E-state index in [1.807, 2.05) is 25.8 Å². The number of non-ortho nitro benzene ring substituents is 1. The fraction of sp³-hybridized carbons (Fsp3) is 0.562. The molecule has 0 radical (unpaired) electrons. The number of hydrogen-bond donors (Lipinski definition) is 1. The highest BCUT2D eigenvalue weighted by molar-refractivity contribution is 5.87. The zero-order valence-corrected chi connectivity index (χ0v) is 14.6. The van der Waals surface area contributed by atoms with Gasteiger partial charge in [0.25, 0.3) is 5.69 Å². The Hall–Kier alpha value is -1.66. The van der Waals surface area contributed by atoms with Crippen molar-refractivity contribution in [2.45, 2.75) is 38.1 Å². The van der Waals surface area contributed by atoms with E-state index in [0.29, 0.717) is 12.6 Å². The Labute approximate surface area is 142 Å². The van der Waals surface area contributed by atoms with Crippen LogP contribution in [-0.2, 0) is 10.2 Å². The van der Waals surface area contributed by atoms with Gasteiger partial charge in [0.15, 0.2) is 0 Å². The first-order valence-corrected chi connectivity index (χ1v) is 7.58. The molecular weight excluding hydrogens is 318 g/mol. The zero-order chi connectivity index (χ0) is 16.3. The number of carbonyl (C=O) groups is 1. The van der Waals surface area contributed by atoms with E-state index in [1.165, 1.54) is 12.1 Å². The average Bonchev–Trinajstić information content (AvgIpc) is 2.54. The van der Waals surface area contributed by atoms with Gasteiger partial charge in [0.05, 0.1) is 10.3 Å². The average molecular weight is 342 g/mol. The van der Waals surface area contributed by atoms with Gasteiger partial charge in [-0.3, -0.25) is 14.9 Å². The van der Waals surface area contributed by atoms with Crippen LogP contribution in [0.3, 0.4) is 0 Å². The minimum Gasteiger partial charge on any atom is -0.340 e. The lowest BCUT2D eigenvalue weighted by Crippen LogP contribution is -2.51. The SMILES string of the molecule is CNC1CCCN(C(=O)C(C)(C)c2ccc([N+](=O)[O-])cc2)C1.Cl. The predicted octanol–water partition coefficient (Wildman–Crippen LogP) is 2.50. The van der Waals surface area contributed by atoms with E-state index in [9.17, 15) is 14.9 Å². The van der Waals surface area contributed by atoms with Gasteiger partial charge in [0.1, 0.15) is 0 Å². The number of rotatable bonds is 4. The number of nitrogens with zero attached hydrogens (tertiary/aromatic N) is 2. The first-order valence-electron chi connectivity index (χ1n) is 7.58. The van der Waals surface area contributed by atoms with E-state index >= 15 is 0 Å². The van der Waals surface area contributed by atoms with Crippen LogP contribution in [0.15, 0.2) is 24.3 Å². The first-order chi connectivity index (χ1) is 10.4. The number of hydrogen-bond acceptors (Lipinski definition) is 4. The fourth-order valence-electron chi connectivity index (χ4n) is 2.92. The second-order valence-corrected chi connectivity index (χ2v) is 6.31. The van der Waals surface area contributed by atoms with Gasteiger partial charge in [0, 0.05) is 31.3 Å². The molecule has 1 fully saturated rings. The van der Waals surface area contributed by atoms with Crippen molar-refractivity contribution in [1.29, 1.82) is 0 Å². The molecule has 1 aromatic rings. The number of piperidine rings is 1. The molecule has 2 rings (SSSR count). The molecule has 1 aliphatic rings. The summed E-state index contributed by atoms with van der Waals surface area (Å²) in [6.45, 7) is 5.23. The number of amides is 1. The number of benzene rings is 1. The third-order valence-electron chi connectivity index (χ3n) is 4.45. The molecule has 0 bridgehead atoms. The third-order valence-corrected chi connectivity index (χ3v) is 4.45. The highest BCUT2D eigenvalue weighted by atomic mass is 35.5. The maximum absolute atomic E-state index is 12.9. The number of carbonyl (C=O) groups excluding carboxylic acids is 1. The predicted molar refractivity (Wildman–Crippen MR) is 92.0 cm³/mol. The lowest BCUT2D eigenvalue weighted by atomic mass is 9.82. The summed E-state index contributed by atoms with van der Waals surface area (Å²) in [5, 5.41) is 14.0. The van der Waals surface area contributed by atoms with E-state index in [4.69, 9.17) is 0 Å². The smallest absolute Gasteiger partial charge is 0.269 e. The summed E-state index contributed by atoms with van der Waals surface area (Å²) in [6.07, 6.45) is 2.08. The molecule has 1 amide bonds. The molecule has 7 heteroatoms. The van der Waals surface area contributed by atoms with Crippen LogP contribution in [0.1, 0.15) is 32.3 Å². The van der Waals surface area contributed by atoms with E-state index in [0.717, 1.165) is 24.9 Å². The Kier molecular flexibility index (Phi) is 6.53. The molecule has 1 atom stereocenters. The molecule has 23 heavy (non-hydrogen) atoms. The number of nitro groups is 1. The molecule has 6 nitrogen and oxygen atoms in total. The molecule has 1 unspecified atom stereocenters. The quantitative estimate of drug-likeness (QED) is 0.674. The fourth-order valence-corrected chi connectivity index (χ4v) is 2.92. The Morgan fingerprint density at radius 1 is 1.35 bits per heavy atom. The second kappa shape index (κ2) is 7.75. The molecule has 0 aliphatic carbocycles. The molecular formula is C16H24ClN3O3. The van der Waals surface area contributed by atoms with Crippen molar-refractivity contribution in [3.05, 3.63) is 39.9 Å². The summed E-state index contributed by atoms with van der Waals surface area (Å²) in [6, 6.07) is 6.60. The molecule has 1 N–H and O–H groups in total. The van der Waals surface area contributed by atoms with Crippen molar-refractivity contribution in [3.8, 4) is 0 Å². The van der Waals surface area contributed by atoms with Crippen LogP contribution in [-0.4, -0.2) is 41.9 Å². The van der Waals surface area contributed by atoms with Gasteiger partial charge >= 0.3 is 0 Å². The molecule has 0 saturated carbocycles. The van der Waals surface area contributed by atoms with E-state index in [1.54, 1.807) is 12.1 Å².